The molecule has 8 heteroatoms. The largest absolute Gasteiger partial charge is 0.478 e. The Balaban J connectivity index is 1.73. The van der Waals surface area contributed by atoms with Crippen LogP contribution in [0.3, 0.4) is 0 Å². The van der Waals surface area contributed by atoms with Gasteiger partial charge in [0, 0.05) is 31.0 Å². The number of carbonyl (C=O) groups is 2. The number of halogens is 2. The lowest BCUT2D eigenvalue weighted by Gasteiger charge is -2.31. The highest BCUT2D eigenvalue weighted by atomic mass is 35.5. The molecule has 1 amide bonds. The van der Waals surface area contributed by atoms with Gasteiger partial charge in [0.1, 0.15) is 5.69 Å². The van der Waals surface area contributed by atoms with Crippen LogP contribution in [0.2, 0.25) is 10.0 Å². The Morgan fingerprint density at radius 2 is 1.97 bits per heavy atom. The second-order valence-corrected chi connectivity index (χ2v) is 8.34. The number of amides is 1. The lowest BCUT2D eigenvalue weighted by molar-refractivity contribution is 0.0696. The van der Waals surface area contributed by atoms with Gasteiger partial charge < -0.3 is 19.7 Å². The third kappa shape index (κ3) is 3.35. The minimum atomic E-state index is -0.989. The Labute approximate surface area is 183 Å². The normalized spacial score (nSPS) is 18.7. The molecule has 6 nitrogen and oxygen atoms in total. The highest BCUT2D eigenvalue weighted by Gasteiger charge is 2.40. The minimum absolute atomic E-state index is 0.205. The number of aromatic carboxylic acids is 1. The van der Waals surface area contributed by atoms with Crippen molar-refractivity contribution in [3.63, 3.8) is 0 Å². The number of ether oxygens (including phenoxy) is 1. The van der Waals surface area contributed by atoms with Crippen molar-refractivity contribution in [2.45, 2.75) is 18.9 Å². The zero-order valence-corrected chi connectivity index (χ0v) is 18.0. The molecule has 2 heterocycles. The third-order valence-corrected chi connectivity index (χ3v) is 6.53. The van der Waals surface area contributed by atoms with Gasteiger partial charge in [0.2, 0.25) is 0 Å². The number of nitrogens with one attached hydrogen (secondary N) is 1. The van der Waals surface area contributed by atoms with Gasteiger partial charge >= 0.3 is 5.97 Å². The summed E-state index contributed by atoms with van der Waals surface area (Å²) in [7, 11) is 1.80. The van der Waals surface area contributed by atoms with Crippen molar-refractivity contribution in [1.82, 2.24) is 9.88 Å². The van der Waals surface area contributed by atoms with E-state index in [9.17, 15) is 14.7 Å². The highest BCUT2D eigenvalue weighted by molar-refractivity contribution is 6.45. The summed E-state index contributed by atoms with van der Waals surface area (Å²) in [5, 5.41) is 13.9. The van der Waals surface area contributed by atoms with Gasteiger partial charge in [-0.05, 0) is 48.4 Å². The molecule has 0 aliphatic carbocycles. The Morgan fingerprint density at radius 1 is 1.20 bits per heavy atom. The third-order valence-electron chi connectivity index (χ3n) is 5.71. The summed E-state index contributed by atoms with van der Waals surface area (Å²) >= 11 is 12.4. The van der Waals surface area contributed by atoms with Crippen molar-refractivity contribution in [1.29, 1.82) is 0 Å². The maximum absolute atomic E-state index is 13.3. The first-order valence-electron chi connectivity index (χ1n) is 9.41. The van der Waals surface area contributed by atoms with Crippen LogP contribution in [0.5, 0.6) is 0 Å². The van der Waals surface area contributed by atoms with Crippen molar-refractivity contribution in [3.05, 3.63) is 68.8 Å². The molecule has 1 aliphatic heterocycles. The number of carbonyl (C=O) groups excluding carboxylic acids is 1. The van der Waals surface area contributed by atoms with Gasteiger partial charge in [-0.3, -0.25) is 4.79 Å². The number of aryl methyl sites for hydroxylation is 2. The zero-order valence-electron chi connectivity index (χ0n) is 16.5. The number of nitrogens with zero attached hydrogens (tertiary/aromatic N) is 1. The summed E-state index contributed by atoms with van der Waals surface area (Å²) in [5.41, 5.74) is 2.34. The highest BCUT2D eigenvalue weighted by Crippen LogP contribution is 2.35. The van der Waals surface area contributed by atoms with Gasteiger partial charge in [-0.15, -0.1) is 0 Å². The smallest absolute Gasteiger partial charge is 0.335 e. The molecular formula is C22H20Cl2N2O4. The van der Waals surface area contributed by atoms with Crippen LogP contribution in [0.25, 0.3) is 10.9 Å². The van der Waals surface area contributed by atoms with Crippen LogP contribution in [0.1, 0.15) is 38.4 Å². The van der Waals surface area contributed by atoms with E-state index in [4.69, 9.17) is 27.9 Å². The molecule has 0 radical (unpaired) electrons. The Morgan fingerprint density at radius 3 is 2.60 bits per heavy atom. The maximum Gasteiger partial charge on any atom is 0.335 e. The van der Waals surface area contributed by atoms with E-state index in [2.05, 4.69) is 5.32 Å². The lowest BCUT2D eigenvalue weighted by Crippen LogP contribution is -2.47. The fourth-order valence-corrected chi connectivity index (χ4v) is 4.50. The molecule has 0 bridgehead atoms. The fourth-order valence-electron chi connectivity index (χ4n) is 4.13. The van der Waals surface area contributed by atoms with Crippen LogP contribution < -0.4 is 5.32 Å². The van der Waals surface area contributed by atoms with Gasteiger partial charge in [-0.2, -0.15) is 0 Å². The van der Waals surface area contributed by atoms with E-state index in [0.29, 0.717) is 40.8 Å². The number of hydrogen-bond acceptors (Lipinski definition) is 3. The molecule has 3 aromatic rings. The quantitative estimate of drug-likeness (QED) is 0.616. The zero-order chi connectivity index (χ0) is 21.6. The molecule has 1 fully saturated rings. The summed E-state index contributed by atoms with van der Waals surface area (Å²) in [6, 6.07) is 10.2. The molecule has 156 valence electrons. The number of hydrogen-bond donors (Lipinski definition) is 2. The van der Waals surface area contributed by atoms with E-state index in [-0.39, 0.29) is 11.5 Å². The molecule has 30 heavy (non-hydrogen) atoms. The Bertz CT molecular complexity index is 1180. The van der Waals surface area contributed by atoms with E-state index in [0.717, 1.165) is 16.6 Å². The number of carboxylic acid groups (broad SMARTS) is 1. The molecule has 2 N–H and O–H groups in total. The predicted molar refractivity (Wildman–Crippen MR) is 116 cm³/mol. The standard InChI is InChI=1S/C22H20Cl2N2O4/c1-12-9-13(21(28)29)3-4-15(12)22(7-8-30-11-22)25-20(27)18-10-14-17(26(18)2)6-5-16(23)19(14)24/h3-6,9-10H,7-8,11H2,1-2H3,(H,25,27)(H,28,29). The summed E-state index contributed by atoms with van der Waals surface area (Å²) in [4.78, 5) is 24.6. The van der Waals surface area contributed by atoms with Crippen LogP contribution in [0, 0.1) is 6.92 Å². The van der Waals surface area contributed by atoms with Crippen molar-refractivity contribution < 1.29 is 19.4 Å². The monoisotopic (exact) mass is 446 g/mol. The number of carboxylic acids is 1. The van der Waals surface area contributed by atoms with Crippen molar-refractivity contribution >= 4 is 46.0 Å². The van der Waals surface area contributed by atoms with E-state index >= 15 is 0 Å². The number of benzene rings is 2. The second-order valence-electron chi connectivity index (χ2n) is 7.56. The number of aromatic nitrogens is 1. The predicted octanol–water partition coefficient (Wildman–Crippen LogP) is 4.54. The van der Waals surface area contributed by atoms with Crippen LogP contribution in [0.15, 0.2) is 36.4 Å². The van der Waals surface area contributed by atoms with Gasteiger partial charge in [0.15, 0.2) is 0 Å². The van der Waals surface area contributed by atoms with E-state index in [1.165, 1.54) is 0 Å². The van der Waals surface area contributed by atoms with E-state index in [1.54, 1.807) is 41.9 Å². The molecule has 2 aromatic carbocycles. The molecule has 1 unspecified atom stereocenters. The van der Waals surface area contributed by atoms with Crippen molar-refractivity contribution in [3.8, 4) is 0 Å². The Hall–Kier alpha value is -2.54. The van der Waals surface area contributed by atoms with Crippen LogP contribution in [-0.2, 0) is 17.3 Å². The van der Waals surface area contributed by atoms with E-state index in [1.807, 2.05) is 13.0 Å². The summed E-state index contributed by atoms with van der Waals surface area (Å²) in [6.45, 7) is 2.64. The molecule has 0 spiro atoms. The van der Waals surface area contributed by atoms with Crippen molar-refractivity contribution in [2.75, 3.05) is 13.2 Å². The van der Waals surface area contributed by atoms with Gasteiger partial charge in [0.05, 0.1) is 27.8 Å². The van der Waals surface area contributed by atoms with Crippen LogP contribution in [-0.4, -0.2) is 34.8 Å². The molecular weight excluding hydrogens is 427 g/mol. The molecule has 1 aromatic heterocycles. The van der Waals surface area contributed by atoms with E-state index < -0.39 is 11.5 Å². The van der Waals surface area contributed by atoms with Gasteiger partial charge in [-0.1, -0.05) is 29.3 Å². The number of rotatable bonds is 4. The molecule has 1 saturated heterocycles. The minimum Gasteiger partial charge on any atom is -0.478 e. The van der Waals surface area contributed by atoms with Crippen molar-refractivity contribution in [2.24, 2.45) is 7.05 Å². The summed E-state index contributed by atoms with van der Waals surface area (Å²) < 4.78 is 7.41. The molecule has 0 saturated carbocycles. The topological polar surface area (TPSA) is 80.6 Å². The Kier molecular flexibility index (Phi) is 5.26. The maximum atomic E-state index is 13.3. The summed E-state index contributed by atoms with van der Waals surface area (Å²) in [6.07, 6.45) is 0.586. The first kappa shape index (κ1) is 20.7. The second kappa shape index (κ2) is 7.61. The SMILES string of the molecule is Cc1cc(C(=O)O)ccc1C1(NC(=O)c2cc3c(Cl)c(Cl)ccc3n2C)CCOC1. The average molecular weight is 447 g/mol. The van der Waals surface area contributed by atoms with Crippen LogP contribution in [0.4, 0.5) is 0 Å². The first-order valence-corrected chi connectivity index (χ1v) is 10.2. The molecule has 4 rings (SSSR count). The summed E-state index contributed by atoms with van der Waals surface area (Å²) in [5.74, 6) is -1.26. The lowest BCUT2D eigenvalue weighted by atomic mass is 9.85. The van der Waals surface area contributed by atoms with Gasteiger partial charge in [-0.25, -0.2) is 4.79 Å². The number of fused-ring (bicyclic) bond motifs is 1. The first-order chi connectivity index (χ1) is 14.2. The average Bonchev–Trinajstić information content (AvgIpc) is 3.30. The van der Waals surface area contributed by atoms with Gasteiger partial charge in [0.25, 0.3) is 5.91 Å². The molecule has 1 atom stereocenters. The van der Waals surface area contributed by atoms with Crippen LogP contribution >= 0.6 is 23.2 Å². The molecule has 1 aliphatic rings. The fraction of sp³-hybridized carbons (Fsp3) is 0.273.